The fourth-order valence-electron chi connectivity index (χ4n) is 2.71. The molecule has 0 amide bonds. The molecule has 1 aliphatic heterocycles. The van der Waals surface area contributed by atoms with E-state index < -0.39 is 23.5 Å². The molecule has 1 N–H and O–H groups in total. The summed E-state index contributed by atoms with van der Waals surface area (Å²) in [5.41, 5.74) is -1.75. The lowest BCUT2D eigenvalue weighted by Crippen LogP contribution is -2.55. The van der Waals surface area contributed by atoms with Gasteiger partial charge in [0.15, 0.2) is 5.79 Å². The second kappa shape index (κ2) is 5.23. The number of fused-ring (bicyclic) bond motifs is 1. The summed E-state index contributed by atoms with van der Waals surface area (Å²) in [5.74, 6) is -1.38. The van der Waals surface area contributed by atoms with Crippen molar-refractivity contribution < 1.29 is 24.1 Å². The third kappa shape index (κ3) is 2.30. The Kier molecular flexibility index (Phi) is 3.99. The summed E-state index contributed by atoms with van der Waals surface area (Å²) >= 11 is 0. The molecule has 1 aliphatic carbocycles. The molecule has 108 valence electrons. The van der Waals surface area contributed by atoms with Gasteiger partial charge in [-0.25, -0.2) is 4.79 Å². The number of hydrogen-bond donors (Lipinski definition) is 1. The molecule has 1 heterocycles. The molecule has 3 atom stereocenters. The maximum absolute atomic E-state index is 12.0. The summed E-state index contributed by atoms with van der Waals surface area (Å²) in [4.78, 5) is 12.0. The number of carbonyl (C=O) groups is 1. The fourth-order valence-corrected chi connectivity index (χ4v) is 2.71. The third-order valence-electron chi connectivity index (χ3n) is 3.90. The Hall–Kier alpha value is -0.910. The highest BCUT2D eigenvalue weighted by molar-refractivity contribution is 5.83. The molecule has 0 bridgehead atoms. The monoisotopic (exact) mass is 270 g/mol. The molecule has 5 nitrogen and oxygen atoms in total. The normalized spacial score (nSPS) is 36.0. The van der Waals surface area contributed by atoms with Gasteiger partial charge in [-0.3, -0.25) is 0 Å². The molecule has 2 aliphatic rings. The van der Waals surface area contributed by atoms with E-state index in [-0.39, 0.29) is 12.7 Å². The van der Waals surface area contributed by atoms with Crippen LogP contribution in [0.25, 0.3) is 0 Å². The van der Waals surface area contributed by atoms with Crippen molar-refractivity contribution in [1.82, 2.24) is 0 Å². The van der Waals surface area contributed by atoms with Crippen LogP contribution in [0.4, 0.5) is 0 Å². The van der Waals surface area contributed by atoms with E-state index in [1.54, 1.807) is 13.0 Å². The van der Waals surface area contributed by atoms with Crippen molar-refractivity contribution in [1.29, 1.82) is 0 Å². The van der Waals surface area contributed by atoms with Crippen LogP contribution in [-0.2, 0) is 19.0 Å². The van der Waals surface area contributed by atoms with Crippen LogP contribution >= 0.6 is 0 Å². The molecule has 0 unspecified atom stereocenters. The Labute approximate surface area is 113 Å². The lowest BCUT2D eigenvalue weighted by atomic mass is 9.86. The van der Waals surface area contributed by atoms with Gasteiger partial charge in [-0.2, -0.15) is 0 Å². The van der Waals surface area contributed by atoms with Gasteiger partial charge in [0.2, 0.25) is 5.60 Å². The standard InChI is InChI=1S/C14H22O5/c1-4-13(5-2)18-10-8-7-9-14(16,11(10)19-13)12(15)17-6-3/h7,9-11,16H,4-6,8H2,1-3H3/t10-,11-,14-/m0/s1. The van der Waals surface area contributed by atoms with Crippen molar-refractivity contribution in [2.45, 2.75) is 63.6 Å². The van der Waals surface area contributed by atoms with Gasteiger partial charge in [0.25, 0.3) is 0 Å². The predicted molar refractivity (Wildman–Crippen MR) is 68.4 cm³/mol. The number of hydrogen-bond acceptors (Lipinski definition) is 5. The molecule has 0 radical (unpaired) electrons. The van der Waals surface area contributed by atoms with Crippen LogP contribution in [0.2, 0.25) is 0 Å². The summed E-state index contributed by atoms with van der Waals surface area (Å²) in [6.45, 7) is 5.87. The molecule has 0 saturated carbocycles. The van der Waals surface area contributed by atoms with E-state index in [9.17, 15) is 9.90 Å². The predicted octanol–water partition coefficient (Wildman–Crippen LogP) is 1.54. The van der Waals surface area contributed by atoms with Crippen molar-refractivity contribution in [2.75, 3.05) is 6.61 Å². The fraction of sp³-hybridized carbons (Fsp3) is 0.786. The van der Waals surface area contributed by atoms with Crippen LogP contribution in [0.15, 0.2) is 12.2 Å². The van der Waals surface area contributed by atoms with Crippen LogP contribution in [0.3, 0.4) is 0 Å². The second-order valence-electron chi connectivity index (χ2n) is 5.00. The van der Waals surface area contributed by atoms with Gasteiger partial charge in [0.1, 0.15) is 6.10 Å². The highest BCUT2D eigenvalue weighted by Crippen LogP contribution is 2.42. The Morgan fingerprint density at radius 2 is 2.05 bits per heavy atom. The summed E-state index contributed by atoms with van der Waals surface area (Å²) in [6, 6.07) is 0. The maximum Gasteiger partial charge on any atom is 0.345 e. The number of ether oxygens (including phenoxy) is 3. The van der Waals surface area contributed by atoms with Crippen LogP contribution in [0.5, 0.6) is 0 Å². The highest BCUT2D eigenvalue weighted by Gasteiger charge is 2.58. The molecule has 5 heteroatoms. The van der Waals surface area contributed by atoms with Crippen molar-refractivity contribution in [3.8, 4) is 0 Å². The number of rotatable bonds is 4. The second-order valence-corrected chi connectivity index (χ2v) is 5.00. The topological polar surface area (TPSA) is 65.0 Å². The number of carbonyl (C=O) groups excluding carboxylic acids is 1. The minimum atomic E-state index is -1.75. The number of aliphatic hydroxyl groups is 1. The molecule has 0 aromatic carbocycles. The molecular weight excluding hydrogens is 248 g/mol. The quantitative estimate of drug-likeness (QED) is 0.620. The molecule has 0 aromatic rings. The average Bonchev–Trinajstić information content (AvgIpc) is 2.80. The van der Waals surface area contributed by atoms with E-state index in [0.29, 0.717) is 19.3 Å². The van der Waals surface area contributed by atoms with Gasteiger partial charge in [-0.05, 0) is 32.3 Å². The van der Waals surface area contributed by atoms with E-state index in [2.05, 4.69) is 0 Å². The van der Waals surface area contributed by atoms with Crippen molar-refractivity contribution in [3.63, 3.8) is 0 Å². The van der Waals surface area contributed by atoms with Gasteiger partial charge in [-0.15, -0.1) is 0 Å². The van der Waals surface area contributed by atoms with E-state index in [0.717, 1.165) is 0 Å². The molecule has 1 saturated heterocycles. The summed E-state index contributed by atoms with van der Waals surface area (Å²) < 4.78 is 16.8. The molecule has 0 aromatic heterocycles. The Bertz CT molecular complexity index is 374. The van der Waals surface area contributed by atoms with Crippen LogP contribution in [-0.4, -0.2) is 41.3 Å². The van der Waals surface area contributed by atoms with Crippen molar-refractivity contribution in [3.05, 3.63) is 12.2 Å². The van der Waals surface area contributed by atoms with Crippen LogP contribution < -0.4 is 0 Å². The lowest BCUT2D eigenvalue weighted by Gasteiger charge is -2.33. The van der Waals surface area contributed by atoms with Crippen molar-refractivity contribution >= 4 is 5.97 Å². The molecule has 1 fully saturated rings. The van der Waals surface area contributed by atoms with E-state index in [4.69, 9.17) is 14.2 Å². The zero-order valence-electron chi connectivity index (χ0n) is 11.7. The van der Waals surface area contributed by atoms with E-state index >= 15 is 0 Å². The first kappa shape index (κ1) is 14.5. The first-order valence-electron chi connectivity index (χ1n) is 6.94. The van der Waals surface area contributed by atoms with Gasteiger partial charge in [-0.1, -0.05) is 19.9 Å². The minimum absolute atomic E-state index is 0.222. The highest BCUT2D eigenvalue weighted by atomic mass is 16.8. The molecular formula is C14H22O5. The Balaban J connectivity index is 2.26. The first-order valence-corrected chi connectivity index (χ1v) is 6.94. The van der Waals surface area contributed by atoms with Gasteiger partial charge < -0.3 is 19.3 Å². The molecule has 2 rings (SSSR count). The summed E-state index contributed by atoms with van der Waals surface area (Å²) in [6.07, 6.45) is 4.20. The SMILES string of the molecule is CCOC(=O)[C@]1(O)C=CC[C@@H]2OC(CC)(CC)O[C@@H]21. The van der Waals surface area contributed by atoms with Crippen molar-refractivity contribution in [2.24, 2.45) is 0 Å². The van der Waals surface area contributed by atoms with Gasteiger partial charge in [0.05, 0.1) is 12.7 Å². The van der Waals surface area contributed by atoms with E-state index in [1.807, 2.05) is 13.8 Å². The summed E-state index contributed by atoms with van der Waals surface area (Å²) in [5, 5.41) is 10.6. The van der Waals surface area contributed by atoms with Crippen LogP contribution in [0, 0.1) is 0 Å². The Morgan fingerprint density at radius 1 is 1.37 bits per heavy atom. The zero-order valence-corrected chi connectivity index (χ0v) is 11.7. The molecule has 19 heavy (non-hydrogen) atoms. The third-order valence-corrected chi connectivity index (χ3v) is 3.90. The summed E-state index contributed by atoms with van der Waals surface area (Å²) in [7, 11) is 0. The molecule has 0 spiro atoms. The van der Waals surface area contributed by atoms with E-state index in [1.165, 1.54) is 6.08 Å². The average molecular weight is 270 g/mol. The van der Waals surface area contributed by atoms with Crippen LogP contribution in [0.1, 0.15) is 40.0 Å². The largest absolute Gasteiger partial charge is 0.464 e. The van der Waals surface area contributed by atoms with Gasteiger partial charge >= 0.3 is 5.97 Å². The smallest absolute Gasteiger partial charge is 0.345 e. The Morgan fingerprint density at radius 3 is 2.63 bits per heavy atom. The maximum atomic E-state index is 12.0. The lowest BCUT2D eigenvalue weighted by molar-refractivity contribution is -0.199. The van der Waals surface area contributed by atoms with Gasteiger partial charge in [0, 0.05) is 0 Å². The first-order chi connectivity index (χ1) is 9.01. The zero-order chi connectivity index (χ0) is 14.1. The number of esters is 1. The minimum Gasteiger partial charge on any atom is -0.464 e.